The van der Waals surface area contributed by atoms with Crippen molar-refractivity contribution in [1.82, 2.24) is 9.97 Å². The highest BCUT2D eigenvalue weighted by atomic mass is 32.1. The molecule has 0 unspecified atom stereocenters. The van der Waals surface area contributed by atoms with E-state index in [9.17, 15) is 9.59 Å². The molecular weight excluding hydrogens is 362 g/mol. The van der Waals surface area contributed by atoms with Crippen molar-refractivity contribution in [2.24, 2.45) is 0 Å². The van der Waals surface area contributed by atoms with E-state index >= 15 is 0 Å². The first-order valence-corrected chi connectivity index (χ1v) is 9.45. The minimum Gasteiger partial charge on any atom is -0.462 e. The number of ether oxygens (including phenoxy) is 1. The van der Waals surface area contributed by atoms with E-state index in [0.717, 1.165) is 16.3 Å². The predicted molar refractivity (Wildman–Crippen MR) is 105 cm³/mol. The van der Waals surface area contributed by atoms with Crippen LogP contribution in [0.3, 0.4) is 0 Å². The van der Waals surface area contributed by atoms with Crippen LogP contribution in [0.2, 0.25) is 0 Å². The van der Waals surface area contributed by atoms with E-state index in [1.807, 2.05) is 17.5 Å². The van der Waals surface area contributed by atoms with Crippen molar-refractivity contribution in [1.29, 1.82) is 0 Å². The summed E-state index contributed by atoms with van der Waals surface area (Å²) in [5.74, 6) is -0.471. The number of aryl methyl sites for hydroxylation is 1. The molecular formula is C20H19N3O3S. The highest BCUT2D eigenvalue weighted by Gasteiger charge is 2.09. The van der Waals surface area contributed by atoms with Crippen LogP contribution in [0.15, 0.2) is 54.2 Å². The van der Waals surface area contributed by atoms with Crippen LogP contribution in [-0.2, 0) is 16.0 Å². The maximum atomic E-state index is 12.1. The van der Waals surface area contributed by atoms with Gasteiger partial charge in [0.05, 0.1) is 17.9 Å². The number of pyridine rings is 1. The Kier molecular flexibility index (Phi) is 6.27. The van der Waals surface area contributed by atoms with Crippen molar-refractivity contribution in [3.63, 3.8) is 0 Å². The molecule has 0 fully saturated rings. The van der Waals surface area contributed by atoms with Crippen LogP contribution in [0.25, 0.3) is 10.6 Å². The zero-order valence-corrected chi connectivity index (χ0v) is 15.7. The van der Waals surface area contributed by atoms with Crippen molar-refractivity contribution in [3.05, 3.63) is 65.4 Å². The highest BCUT2D eigenvalue weighted by Crippen LogP contribution is 2.23. The van der Waals surface area contributed by atoms with Crippen molar-refractivity contribution in [3.8, 4) is 10.6 Å². The Morgan fingerprint density at radius 3 is 2.56 bits per heavy atom. The molecule has 0 aliphatic heterocycles. The monoisotopic (exact) mass is 381 g/mol. The lowest BCUT2D eigenvalue weighted by molar-refractivity contribution is -0.116. The Hall–Kier alpha value is -3.06. The number of hydrogen-bond acceptors (Lipinski definition) is 6. The van der Waals surface area contributed by atoms with Crippen LogP contribution in [0, 0.1) is 0 Å². The third-order valence-corrected chi connectivity index (χ3v) is 4.71. The molecule has 2 heterocycles. The summed E-state index contributed by atoms with van der Waals surface area (Å²) >= 11 is 1.55. The topological polar surface area (TPSA) is 81.2 Å². The summed E-state index contributed by atoms with van der Waals surface area (Å²) in [6, 6.07) is 10.5. The van der Waals surface area contributed by atoms with Gasteiger partial charge in [0, 0.05) is 35.4 Å². The molecule has 138 valence electrons. The molecule has 0 bridgehead atoms. The van der Waals surface area contributed by atoms with Crippen molar-refractivity contribution in [2.75, 3.05) is 11.9 Å². The second-order valence-corrected chi connectivity index (χ2v) is 6.58. The minimum absolute atomic E-state index is 0.0997. The summed E-state index contributed by atoms with van der Waals surface area (Å²) < 4.78 is 4.93. The lowest BCUT2D eigenvalue weighted by Gasteiger charge is -2.06. The molecule has 6 nitrogen and oxygen atoms in total. The fourth-order valence-electron chi connectivity index (χ4n) is 2.42. The maximum absolute atomic E-state index is 12.1. The molecule has 0 spiro atoms. The summed E-state index contributed by atoms with van der Waals surface area (Å²) in [7, 11) is 0. The molecule has 0 saturated heterocycles. The fraction of sp³-hybridized carbons (Fsp3) is 0.200. The molecule has 7 heteroatoms. The minimum atomic E-state index is -0.371. The Bertz CT molecular complexity index is 908. The van der Waals surface area contributed by atoms with Gasteiger partial charge in [0.15, 0.2) is 0 Å². The van der Waals surface area contributed by atoms with Gasteiger partial charge in [-0.1, -0.05) is 0 Å². The molecule has 1 amide bonds. The van der Waals surface area contributed by atoms with Crippen LogP contribution in [-0.4, -0.2) is 28.5 Å². The van der Waals surface area contributed by atoms with Crippen LogP contribution in [0.4, 0.5) is 5.69 Å². The molecule has 0 saturated carbocycles. The first kappa shape index (κ1) is 18.7. The molecule has 0 aliphatic carbocycles. The van der Waals surface area contributed by atoms with Gasteiger partial charge in [-0.05, 0) is 49.7 Å². The van der Waals surface area contributed by atoms with Crippen LogP contribution in [0.1, 0.15) is 29.4 Å². The van der Waals surface area contributed by atoms with Gasteiger partial charge in [0.25, 0.3) is 0 Å². The molecule has 27 heavy (non-hydrogen) atoms. The number of esters is 1. The molecule has 0 radical (unpaired) electrons. The molecule has 0 atom stereocenters. The van der Waals surface area contributed by atoms with Crippen molar-refractivity contribution in [2.45, 2.75) is 19.8 Å². The Morgan fingerprint density at radius 1 is 1.11 bits per heavy atom. The number of nitrogens with one attached hydrogen (secondary N) is 1. The van der Waals surface area contributed by atoms with Gasteiger partial charge in [-0.25, -0.2) is 9.78 Å². The molecule has 0 aliphatic rings. The largest absolute Gasteiger partial charge is 0.462 e. The van der Waals surface area contributed by atoms with Gasteiger partial charge in [-0.3, -0.25) is 9.78 Å². The molecule has 2 aromatic heterocycles. The average molecular weight is 381 g/mol. The summed E-state index contributed by atoms with van der Waals surface area (Å²) in [6.07, 6.45) is 4.36. The Balaban J connectivity index is 1.51. The lowest BCUT2D eigenvalue weighted by atomic mass is 10.2. The van der Waals surface area contributed by atoms with Gasteiger partial charge >= 0.3 is 5.97 Å². The number of thiazole rings is 1. The summed E-state index contributed by atoms with van der Waals surface area (Å²) in [6.45, 7) is 2.09. The van der Waals surface area contributed by atoms with E-state index in [-0.39, 0.29) is 11.9 Å². The van der Waals surface area contributed by atoms with Crippen LogP contribution in [0.5, 0.6) is 0 Å². The highest BCUT2D eigenvalue weighted by molar-refractivity contribution is 7.13. The number of carbonyl (C=O) groups is 2. The average Bonchev–Trinajstić information content (AvgIpc) is 3.17. The quantitative estimate of drug-likeness (QED) is 0.627. The first-order chi connectivity index (χ1) is 13.2. The lowest BCUT2D eigenvalue weighted by Crippen LogP contribution is -2.12. The summed E-state index contributed by atoms with van der Waals surface area (Å²) in [5, 5.41) is 5.71. The zero-order chi connectivity index (χ0) is 19.1. The predicted octanol–water partition coefficient (Wildman–Crippen LogP) is 3.95. The third-order valence-electron chi connectivity index (χ3n) is 3.77. The van der Waals surface area contributed by atoms with Crippen molar-refractivity contribution >= 4 is 28.9 Å². The smallest absolute Gasteiger partial charge is 0.338 e. The maximum Gasteiger partial charge on any atom is 0.338 e. The van der Waals surface area contributed by atoms with Gasteiger partial charge < -0.3 is 10.1 Å². The van der Waals surface area contributed by atoms with Crippen molar-refractivity contribution < 1.29 is 14.3 Å². The van der Waals surface area contributed by atoms with E-state index in [2.05, 4.69) is 15.3 Å². The zero-order valence-electron chi connectivity index (χ0n) is 14.8. The van der Waals surface area contributed by atoms with Gasteiger partial charge in [-0.2, -0.15) is 0 Å². The standard InChI is InChI=1S/C20H19N3O3S/c1-2-26-20(25)15-3-5-16(6-4-15)22-18(24)8-7-17-13-27-19(23-17)14-9-11-21-12-10-14/h3-6,9-13H,2,7-8H2,1H3,(H,22,24). The molecule has 1 aromatic carbocycles. The number of amides is 1. The number of rotatable bonds is 7. The van der Waals surface area contributed by atoms with E-state index in [1.165, 1.54) is 0 Å². The number of hydrogen-bond donors (Lipinski definition) is 1. The molecule has 1 N–H and O–H groups in total. The summed E-state index contributed by atoms with van der Waals surface area (Å²) in [5.41, 5.74) is 3.01. The van der Waals surface area contributed by atoms with E-state index in [4.69, 9.17) is 4.74 Å². The normalized spacial score (nSPS) is 10.4. The number of carbonyl (C=O) groups excluding carboxylic acids is 2. The first-order valence-electron chi connectivity index (χ1n) is 8.57. The van der Waals surface area contributed by atoms with E-state index in [1.54, 1.807) is 54.9 Å². The summed E-state index contributed by atoms with van der Waals surface area (Å²) in [4.78, 5) is 32.3. The number of anilines is 1. The van der Waals surface area contributed by atoms with Crippen LogP contribution >= 0.6 is 11.3 Å². The van der Waals surface area contributed by atoms with E-state index < -0.39 is 0 Å². The Labute approximate surface area is 161 Å². The number of aromatic nitrogens is 2. The number of benzene rings is 1. The Morgan fingerprint density at radius 2 is 1.85 bits per heavy atom. The second-order valence-electron chi connectivity index (χ2n) is 5.73. The van der Waals surface area contributed by atoms with Gasteiger partial charge in [0.1, 0.15) is 5.01 Å². The molecule has 3 aromatic rings. The van der Waals surface area contributed by atoms with Gasteiger partial charge in [0.2, 0.25) is 5.91 Å². The second kappa shape index (κ2) is 9.05. The third kappa shape index (κ3) is 5.21. The van der Waals surface area contributed by atoms with E-state index in [0.29, 0.717) is 30.7 Å². The fourth-order valence-corrected chi connectivity index (χ4v) is 3.28. The van der Waals surface area contributed by atoms with Gasteiger partial charge in [-0.15, -0.1) is 11.3 Å². The van der Waals surface area contributed by atoms with Crippen LogP contribution < -0.4 is 5.32 Å². The molecule has 3 rings (SSSR count). The SMILES string of the molecule is CCOC(=O)c1ccc(NC(=O)CCc2csc(-c3ccncc3)n2)cc1. The number of nitrogens with zero attached hydrogens (tertiary/aromatic N) is 2.